The Hall–Kier alpha value is -0.960. The Morgan fingerprint density at radius 3 is 2.37 bits per heavy atom. The molecule has 1 unspecified atom stereocenters. The zero-order valence-electron chi connectivity index (χ0n) is 12.1. The van der Waals surface area contributed by atoms with Gasteiger partial charge in [-0.15, -0.1) is 12.6 Å². The van der Waals surface area contributed by atoms with Crippen molar-refractivity contribution in [3.63, 3.8) is 0 Å². The normalized spacial score (nSPS) is 12.5. The monoisotopic (exact) mass is 279 g/mol. The van der Waals surface area contributed by atoms with Crippen LogP contribution in [-0.2, 0) is 11.2 Å². The van der Waals surface area contributed by atoms with Crippen molar-refractivity contribution in [1.29, 1.82) is 0 Å². The summed E-state index contributed by atoms with van der Waals surface area (Å²) in [4.78, 5) is 12.8. The summed E-state index contributed by atoms with van der Waals surface area (Å²) in [6, 6.07) is 7.99. The van der Waals surface area contributed by atoms with E-state index in [1.54, 1.807) is 0 Å². The number of nitrogens with one attached hydrogen (secondary N) is 1. The second kappa shape index (κ2) is 8.26. The second-order valence-corrected chi connectivity index (χ2v) is 6.15. The zero-order chi connectivity index (χ0) is 14.3. The molecular weight excluding hydrogens is 254 g/mol. The molecule has 1 aromatic rings. The molecular formula is C16H25NOS. The van der Waals surface area contributed by atoms with Crippen LogP contribution in [0.5, 0.6) is 0 Å². The lowest BCUT2D eigenvalue weighted by atomic mass is 10.0. The number of amides is 1. The predicted molar refractivity (Wildman–Crippen MR) is 83.7 cm³/mol. The number of hydrogen-bond donors (Lipinski definition) is 2. The highest BCUT2D eigenvalue weighted by Gasteiger charge is 2.08. The summed E-state index contributed by atoms with van der Waals surface area (Å²) < 4.78 is 0. The van der Waals surface area contributed by atoms with E-state index < -0.39 is 0 Å². The molecule has 3 heteroatoms. The van der Waals surface area contributed by atoms with Gasteiger partial charge in [0.1, 0.15) is 0 Å². The van der Waals surface area contributed by atoms with Crippen LogP contribution in [0.3, 0.4) is 0 Å². The van der Waals surface area contributed by atoms with Crippen LogP contribution < -0.4 is 5.32 Å². The molecule has 0 aromatic heterocycles. The van der Waals surface area contributed by atoms with E-state index in [0.717, 1.165) is 22.8 Å². The summed E-state index contributed by atoms with van der Waals surface area (Å²) in [6.07, 6.45) is 3.90. The summed E-state index contributed by atoms with van der Waals surface area (Å²) in [5.41, 5.74) is 1.03. The van der Waals surface area contributed by atoms with E-state index in [-0.39, 0.29) is 11.9 Å². The van der Waals surface area contributed by atoms with Crippen molar-refractivity contribution in [2.75, 3.05) is 0 Å². The number of benzene rings is 1. The first kappa shape index (κ1) is 16.1. The van der Waals surface area contributed by atoms with Crippen LogP contribution in [0.15, 0.2) is 29.2 Å². The van der Waals surface area contributed by atoms with Gasteiger partial charge in [0.2, 0.25) is 5.91 Å². The van der Waals surface area contributed by atoms with Crippen LogP contribution in [0.25, 0.3) is 0 Å². The molecule has 0 aliphatic rings. The van der Waals surface area contributed by atoms with Gasteiger partial charge in [0.15, 0.2) is 0 Å². The van der Waals surface area contributed by atoms with Crippen LogP contribution in [0.1, 0.15) is 45.6 Å². The van der Waals surface area contributed by atoms with Crippen molar-refractivity contribution in [3.8, 4) is 0 Å². The molecule has 1 atom stereocenters. The highest BCUT2D eigenvalue weighted by molar-refractivity contribution is 7.80. The summed E-state index contributed by atoms with van der Waals surface area (Å²) in [7, 11) is 0. The smallest absolute Gasteiger partial charge is 0.224 e. The van der Waals surface area contributed by atoms with Gasteiger partial charge in [0.25, 0.3) is 0 Å². The van der Waals surface area contributed by atoms with Gasteiger partial charge in [-0.3, -0.25) is 4.79 Å². The van der Waals surface area contributed by atoms with Gasteiger partial charge in [-0.25, -0.2) is 0 Å². The van der Waals surface area contributed by atoms with Crippen molar-refractivity contribution in [1.82, 2.24) is 5.32 Å². The van der Waals surface area contributed by atoms with Gasteiger partial charge >= 0.3 is 0 Å². The molecule has 0 saturated heterocycles. The van der Waals surface area contributed by atoms with Crippen molar-refractivity contribution in [2.24, 2.45) is 5.92 Å². The minimum atomic E-state index is 0.101. The van der Waals surface area contributed by atoms with Gasteiger partial charge in [0.05, 0.1) is 6.42 Å². The van der Waals surface area contributed by atoms with E-state index in [1.807, 2.05) is 24.3 Å². The van der Waals surface area contributed by atoms with E-state index in [2.05, 4.69) is 38.7 Å². The Labute approximate surface area is 122 Å². The Balaban J connectivity index is 2.28. The Bertz CT molecular complexity index is 386. The molecule has 106 valence electrons. The lowest BCUT2D eigenvalue weighted by molar-refractivity contribution is -0.121. The van der Waals surface area contributed by atoms with Gasteiger partial charge in [-0.1, -0.05) is 38.8 Å². The van der Waals surface area contributed by atoms with Gasteiger partial charge < -0.3 is 5.32 Å². The molecule has 0 fully saturated rings. The average Bonchev–Trinajstić information content (AvgIpc) is 2.31. The maximum Gasteiger partial charge on any atom is 0.224 e. The summed E-state index contributed by atoms with van der Waals surface area (Å²) in [6.45, 7) is 6.54. The van der Waals surface area contributed by atoms with Crippen LogP contribution in [0.2, 0.25) is 0 Å². The van der Waals surface area contributed by atoms with Crippen LogP contribution in [-0.4, -0.2) is 11.9 Å². The molecule has 1 aromatic carbocycles. The molecule has 0 aliphatic carbocycles. The minimum Gasteiger partial charge on any atom is -0.353 e. The van der Waals surface area contributed by atoms with Gasteiger partial charge in [-0.05, 0) is 37.0 Å². The van der Waals surface area contributed by atoms with Crippen LogP contribution in [0, 0.1) is 5.92 Å². The highest BCUT2D eigenvalue weighted by atomic mass is 32.1. The minimum absolute atomic E-state index is 0.101. The molecule has 1 N–H and O–H groups in total. The predicted octanol–water partition coefficient (Wildman–Crippen LogP) is 3.85. The summed E-state index contributed by atoms with van der Waals surface area (Å²) >= 11 is 4.23. The third kappa shape index (κ3) is 7.26. The van der Waals surface area contributed by atoms with Crippen molar-refractivity contribution in [3.05, 3.63) is 29.8 Å². The third-order valence-corrected chi connectivity index (χ3v) is 3.43. The second-order valence-electron chi connectivity index (χ2n) is 5.64. The fourth-order valence-corrected chi connectivity index (χ4v) is 2.18. The standard InChI is InChI=1S/C16H25NOS/c1-12(2)5-4-6-13(3)17-16(18)11-14-7-9-15(19)10-8-14/h7-10,12-13,19H,4-6,11H2,1-3H3,(H,17,18). The highest BCUT2D eigenvalue weighted by Crippen LogP contribution is 2.10. The topological polar surface area (TPSA) is 29.1 Å². The van der Waals surface area contributed by atoms with Crippen molar-refractivity contribution >= 4 is 18.5 Å². The number of hydrogen-bond acceptors (Lipinski definition) is 2. The van der Waals surface area contributed by atoms with E-state index in [4.69, 9.17) is 0 Å². The molecule has 0 spiro atoms. The molecule has 19 heavy (non-hydrogen) atoms. The molecule has 0 saturated carbocycles. The molecule has 1 amide bonds. The van der Waals surface area contributed by atoms with Crippen molar-refractivity contribution < 1.29 is 4.79 Å². The fraction of sp³-hybridized carbons (Fsp3) is 0.562. The number of rotatable bonds is 7. The Morgan fingerprint density at radius 2 is 1.79 bits per heavy atom. The number of carbonyl (C=O) groups is 1. The maximum atomic E-state index is 11.9. The maximum absolute atomic E-state index is 11.9. The van der Waals surface area contributed by atoms with Gasteiger partial charge in [0, 0.05) is 10.9 Å². The molecule has 0 bridgehead atoms. The van der Waals surface area contributed by atoms with E-state index in [1.165, 1.54) is 12.8 Å². The Morgan fingerprint density at radius 1 is 1.16 bits per heavy atom. The first-order valence-electron chi connectivity index (χ1n) is 7.04. The first-order valence-corrected chi connectivity index (χ1v) is 7.49. The first-order chi connectivity index (χ1) is 8.97. The average molecular weight is 279 g/mol. The third-order valence-electron chi connectivity index (χ3n) is 3.13. The molecule has 2 nitrogen and oxygen atoms in total. The quantitative estimate of drug-likeness (QED) is 0.729. The lowest BCUT2D eigenvalue weighted by Gasteiger charge is -2.14. The number of thiol groups is 1. The fourth-order valence-electron chi connectivity index (χ4n) is 2.03. The van der Waals surface area contributed by atoms with Gasteiger partial charge in [-0.2, -0.15) is 0 Å². The van der Waals surface area contributed by atoms with E-state index in [9.17, 15) is 4.79 Å². The number of carbonyl (C=O) groups excluding carboxylic acids is 1. The molecule has 0 heterocycles. The van der Waals surface area contributed by atoms with Crippen molar-refractivity contribution in [2.45, 2.75) is 57.4 Å². The molecule has 1 rings (SSSR count). The molecule has 0 radical (unpaired) electrons. The summed E-state index contributed by atoms with van der Waals surface area (Å²) in [5.74, 6) is 0.839. The Kier molecular flexibility index (Phi) is 7.00. The van der Waals surface area contributed by atoms with Crippen LogP contribution >= 0.6 is 12.6 Å². The van der Waals surface area contributed by atoms with Crippen LogP contribution in [0.4, 0.5) is 0 Å². The SMILES string of the molecule is CC(C)CCCC(C)NC(=O)Cc1ccc(S)cc1. The summed E-state index contributed by atoms with van der Waals surface area (Å²) in [5, 5.41) is 3.06. The van der Waals surface area contributed by atoms with E-state index >= 15 is 0 Å². The molecule has 0 aliphatic heterocycles. The lowest BCUT2D eigenvalue weighted by Crippen LogP contribution is -2.33. The van der Waals surface area contributed by atoms with E-state index in [0.29, 0.717) is 6.42 Å². The zero-order valence-corrected chi connectivity index (χ0v) is 13.0. The largest absolute Gasteiger partial charge is 0.353 e.